The van der Waals surface area contributed by atoms with Gasteiger partial charge < -0.3 is 5.11 Å². The van der Waals surface area contributed by atoms with Crippen molar-refractivity contribution in [2.45, 2.75) is 25.9 Å². The van der Waals surface area contributed by atoms with Crippen molar-refractivity contribution >= 4 is 0 Å². The summed E-state index contributed by atoms with van der Waals surface area (Å²) in [6.07, 6.45) is 4.27. The van der Waals surface area contributed by atoms with Crippen LogP contribution in [0.25, 0.3) is 0 Å². The largest absolute Gasteiger partial charge is 0.393 e. The van der Waals surface area contributed by atoms with Gasteiger partial charge in [-0.05, 0) is 25.2 Å². The Bertz CT molecular complexity index is 59.2. The summed E-state index contributed by atoms with van der Waals surface area (Å²) in [7, 11) is 0. The average Bonchev–Trinajstić information content (AvgIpc) is 1.65. The van der Waals surface area contributed by atoms with Gasteiger partial charge in [-0.2, -0.15) is 0 Å². The standard InChI is InChI=1S/C6H11O/c1-2-5-3-4-6(5)7/h2,5-7H,3-4H2,1H3. The zero-order valence-electron chi connectivity index (χ0n) is 4.59. The summed E-state index contributed by atoms with van der Waals surface area (Å²) >= 11 is 0. The Morgan fingerprint density at radius 3 is 2.29 bits per heavy atom. The Hall–Kier alpha value is -0.0400. The van der Waals surface area contributed by atoms with Crippen LogP contribution in [0.2, 0.25) is 0 Å². The van der Waals surface area contributed by atoms with Crippen molar-refractivity contribution in [1.82, 2.24) is 0 Å². The number of rotatable bonds is 1. The first-order chi connectivity index (χ1) is 3.34. The summed E-state index contributed by atoms with van der Waals surface area (Å²) in [5.74, 6) is 0.514. The molecule has 41 valence electrons. The number of aliphatic hydroxyl groups excluding tert-OH is 1. The molecule has 0 saturated heterocycles. The lowest BCUT2D eigenvalue weighted by molar-refractivity contribution is 0.0420. The van der Waals surface area contributed by atoms with E-state index in [-0.39, 0.29) is 6.10 Å². The van der Waals surface area contributed by atoms with Gasteiger partial charge in [0.15, 0.2) is 0 Å². The summed E-state index contributed by atoms with van der Waals surface area (Å²) in [5, 5.41) is 8.88. The van der Waals surface area contributed by atoms with Gasteiger partial charge in [0.1, 0.15) is 0 Å². The number of hydrogen-bond donors (Lipinski definition) is 1. The molecule has 0 bridgehead atoms. The van der Waals surface area contributed by atoms with Gasteiger partial charge in [0, 0.05) is 0 Å². The molecule has 0 amide bonds. The van der Waals surface area contributed by atoms with Crippen LogP contribution in [0, 0.1) is 12.3 Å². The van der Waals surface area contributed by atoms with Crippen LogP contribution in [0.3, 0.4) is 0 Å². The second kappa shape index (κ2) is 1.83. The minimum absolute atomic E-state index is 0.00926. The van der Waals surface area contributed by atoms with Gasteiger partial charge >= 0.3 is 0 Å². The van der Waals surface area contributed by atoms with E-state index < -0.39 is 0 Å². The highest BCUT2D eigenvalue weighted by atomic mass is 16.3. The van der Waals surface area contributed by atoms with Crippen LogP contribution in [0.15, 0.2) is 0 Å². The monoisotopic (exact) mass is 99.1 g/mol. The van der Waals surface area contributed by atoms with Gasteiger partial charge in [-0.3, -0.25) is 0 Å². The lowest BCUT2D eigenvalue weighted by Gasteiger charge is -2.30. The Balaban J connectivity index is 2.16. The van der Waals surface area contributed by atoms with Crippen LogP contribution in [0.4, 0.5) is 0 Å². The first-order valence-electron chi connectivity index (χ1n) is 2.82. The lowest BCUT2D eigenvalue weighted by atomic mass is 9.80. The van der Waals surface area contributed by atoms with Crippen LogP contribution in [-0.4, -0.2) is 11.2 Å². The first kappa shape index (κ1) is 5.10. The third-order valence-corrected chi connectivity index (χ3v) is 1.72. The molecule has 0 heterocycles. The Labute approximate surface area is 44.4 Å². The molecular weight excluding hydrogens is 88.1 g/mol. The fourth-order valence-corrected chi connectivity index (χ4v) is 0.897. The third kappa shape index (κ3) is 0.778. The fraction of sp³-hybridized carbons (Fsp3) is 0.833. The molecule has 1 rings (SSSR count). The van der Waals surface area contributed by atoms with E-state index in [1.807, 2.05) is 6.92 Å². The van der Waals surface area contributed by atoms with Crippen molar-refractivity contribution < 1.29 is 5.11 Å². The predicted molar refractivity (Wildman–Crippen MR) is 28.7 cm³/mol. The molecule has 1 N–H and O–H groups in total. The van der Waals surface area contributed by atoms with Crippen molar-refractivity contribution in [2.24, 2.45) is 5.92 Å². The Kier molecular flexibility index (Phi) is 1.33. The molecule has 1 fully saturated rings. The van der Waals surface area contributed by atoms with E-state index >= 15 is 0 Å². The van der Waals surface area contributed by atoms with E-state index in [9.17, 15) is 0 Å². The van der Waals surface area contributed by atoms with Crippen molar-refractivity contribution in [2.75, 3.05) is 0 Å². The fourth-order valence-electron chi connectivity index (χ4n) is 0.897. The summed E-state index contributed by atoms with van der Waals surface area (Å²) in [4.78, 5) is 0. The molecule has 7 heavy (non-hydrogen) atoms. The maximum Gasteiger partial charge on any atom is 0.0571 e. The van der Waals surface area contributed by atoms with Crippen LogP contribution >= 0.6 is 0 Å². The van der Waals surface area contributed by atoms with Crippen LogP contribution in [0.5, 0.6) is 0 Å². The molecular formula is C6H11O. The van der Waals surface area contributed by atoms with Gasteiger partial charge in [-0.15, -0.1) is 0 Å². The summed E-state index contributed by atoms with van der Waals surface area (Å²) in [6, 6.07) is 0. The highest BCUT2D eigenvalue weighted by molar-refractivity contribution is 4.87. The minimum atomic E-state index is -0.00926. The molecule has 0 aliphatic heterocycles. The lowest BCUT2D eigenvalue weighted by Crippen LogP contribution is -2.30. The molecule has 2 atom stereocenters. The van der Waals surface area contributed by atoms with Gasteiger partial charge in [-0.1, -0.05) is 6.92 Å². The molecule has 0 aromatic carbocycles. The Morgan fingerprint density at radius 2 is 2.29 bits per heavy atom. The summed E-state index contributed by atoms with van der Waals surface area (Å²) in [6.45, 7) is 2.01. The first-order valence-corrected chi connectivity index (χ1v) is 2.82. The minimum Gasteiger partial charge on any atom is -0.393 e. The van der Waals surface area contributed by atoms with Crippen molar-refractivity contribution in [1.29, 1.82) is 0 Å². The van der Waals surface area contributed by atoms with Crippen LogP contribution < -0.4 is 0 Å². The molecule has 1 nitrogen and oxygen atoms in total. The van der Waals surface area contributed by atoms with Gasteiger partial charge in [0.05, 0.1) is 6.10 Å². The van der Waals surface area contributed by atoms with Crippen molar-refractivity contribution in [3.63, 3.8) is 0 Å². The van der Waals surface area contributed by atoms with Gasteiger partial charge in [0.2, 0.25) is 0 Å². The van der Waals surface area contributed by atoms with Crippen LogP contribution in [-0.2, 0) is 0 Å². The number of aliphatic hydroxyl groups is 1. The van der Waals surface area contributed by atoms with Gasteiger partial charge in [0.25, 0.3) is 0 Å². The maximum absolute atomic E-state index is 8.88. The van der Waals surface area contributed by atoms with Gasteiger partial charge in [-0.25, -0.2) is 0 Å². The van der Waals surface area contributed by atoms with Crippen LogP contribution in [0.1, 0.15) is 19.8 Å². The van der Waals surface area contributed by atoms with E-state index in [4.69, 9.17) is 5.11 Å². The molecule has 1 aliphatic carbocycles. The Morgan fingerprint density at radius 1 is 1.57 bits per heavy atom. The molecule has 2 unspecified atom stereocenters. The molecule has 0 aromatic heterocycles. The normalized spacial score (nSPS) is 40.3. The van der Waals surface area contributed by atoms with E-state index in [0.29, 0.717) is 5.92 Å². The molecule has 1 saturated carbocycles. The molecule has 0 aromatic rings. The van der Waals surface area contributed by atoms with Crippen molar-refractivity contribution in [3.05, 3.63) is 6.42 Å². The van der Waals surface area contributed by atoms with Crippen molar-refractivity contribution in [3.8, 4) is 0 Å². The highest BCUT2D eigenvalue weighted by Gasteiger charge is 2.26. The molecule has 1 aliphatic rings. The highest BCUT2D eigenvalue weighted by Crippen LogP contribution is 2.28. The summed E-state index contributed by atoms with van der Waals surface area (Å²) in [5.41, 5.74) is 0. The number of hydrogen-bond acceptors (Lipinski definition) is 1. The molecule has 0 spiro atoms. The zero-order valence-corrected chi connectivity index (χ0v) is 4.59. The van der Waals surface area contributed by atoms with E-state index in [0.717, 1.165) is 6.42 Å². The van der Waals surface area contributed by atoms with E-state index in [1.54, 1.807) is 0 Å². The smallest absolute Gasteiger partial charge is 0.0571 e. The maximum atomic E-state index is 8.88. The quantitative estimate of drug-likeness (QED) is 0.519. The second-order valence-corrected chi connectivity index (χ2v) is 2.14. The summed E-state index contributed by atoms with van der Waals surface area (Å²) < 4.78 is 0. The average molecular weight is 99.2 g/mol. The van der Waals surface area contributed by atoms with E-state index in [2.05, 4.69) is 6.42 Å². The topological polar surface area (TPSA) is 20.2 Å². The zero-order chi connectivity index (χ0) is 5.28. The molecule has 1 radical (unpaired) electrons. The third-order valence-electron chi connectivity index (χ3n) is 1.72. The second-order valence-electron chi connectivity index (χ2n) is 2.14. The van der Waals surface area contributed by atoms with E-state index in [1.165, 1.54) is 6.42 Å². The SMILES string of the molecule is C[CH]C1CCC1O. The molecule has 1 heteroatoms. The predicted octanol–water partition coefficient (Wildman–Crippen LogP) is 0.981.